The third-order valence-corrected chi connectivity index (χ3v) is 4.27. The monoisotopic (exact) mass is 273 g/mol. The van der Waals surface area contributed by atoms with Gasteiger partial charge in [0.25, 0.3) is 0 Å². The molecule has 4 nitrogen and oxygen atoms in total. The molecular formula is C13H23NO3S. The first-order chi connectivity index (χ1) is 8.52. The van der Waals surface area contributed by atoms with Gasteiger partial charge in [-0.15, -0.1) is 11.8 Å². The van der Waals surface area contributed by atoms with Gasteiger partial charge < -0.3 is 10.1 Å². The van der Waals surface area contributed by atoms with E-state index in [2.05, 4.69) is 19.2 Å². The number of carbonyl (C=O) groups is 2. The summed E-state index contributed by atoms with van der Waals surface area (Å²) in [4.78, 5) is 23.0. The minimum absolute atomic E-state index is 0.0215. The van der Waals surface area contributed by atoms with E-state index < -0.39 is 0 Å². The van der Waals surface area contributed by atoms with E-state index in [4.69, 9.17) is 4.74 Å². The molecule has 1 N–H and O–H groups in total. The van der Waals surface area contributed by atoms with Crippen molar-refractivity contribution < 1.29 is 14.3 Å². The largest absolute Gasteiger partial charge is 0.469 e. The van der Waals surface area contributed by atoms with Crippen LogP contribution in [0.4, 0.5) is 0 Å². The second kappa shape index (κ2) is 7.67. The van der Waals surface area contributed by atoms with Crippen LogP contribution in [0.1, 0.15) is 39.5 Å². The Morgan fingerprint density at radius 2 is 1.89 bits per heavy atom. The molecule has 0 aliphatic heterocycles. The maximum atomic E-state index is 11.7. The Morgan fingerprint density at radius 1 is 1.28 bits per heavy atom. The Hall–Kier alpha value is -0.710. The molecule has 18 heavy (non-hydrogen) atoms. The van der Waals surface area contributed by atoms with E-state index in [1.807, 2.05) is 0 Å². The van der Waals surface area contributed by atoms with E-state index in [1.54, 1.807) is 11.8 Å². The van der Waals surface area contributed by atoms with Gasteiger partial charge in [0.05, 0.1) is 18.8 Å². The molecule has 1 saturated carbocycles. The summed E-state index contributed by atoms with van der Waals surface area (Å²) in [6, 6.07) is 0.228. The number of amides is 1. The second-order valence-corrected chi connectivity index (χ2v) is 6.56. The van der Waals surface area contributed by atoms with Crippen LogP contribution in [0, 0.1) is 5.92 Å². The average molecular weight is 273 g/mol. The van der Waals surface area contributed by atoms with Crippen LogP contribution < -0.4 is 5.32 Å². The van der Waals surface area contributed by atoms with Crippen molar-refractivity contribution in [3.8, 4) is 0 Å². The van der Waals surface area contributed by atoms with Crippen molar-refractivity contribution in [2.75, 3.05) is 12.9 Å². The number of esters is 1. The zero-order chi connectivity index (χ0) is 13.5. The number of methoxy groups -OCH3 is 1. The maximum absolute atomic E-state index is 11.7. The standard InChI is InChI=1S/C13H23NO3S/c1-9(2)18-8-12(15)14-11-6-4-10(5-7-11)13(16)17-3/h9-11H,4-8H2,1-3H3,(H,14,15). The molecule has 0 aromatic heterocycles. The van der Waals surface area contributed by atoms with Crippen molar-refractivity contribution >= 4 is 23.6 Å². The second-order valence-electron chi connectivity index (χ2n) is 5.00. The van der Waals surface area contributed by atoms with Crippen LogP contribution in [-0.4, -0.2) is 36.0 Å². The Kier molecular flexibility index (Phi) is 6.54. The van der Waals surface area contributed by atoms with Crippen LogP contribution in [0.15, 0.2) is 0 Å². The van der Waals surface area contributed by atoms with E-state index >= 15 is 0 Å². The molecule has 0 radical (unpaired) electrons. The molecule has 1 fully saturated rings. The van der Waals surface area contributed by atoms with E-state index in [9.17, 15) is 9.59 Å². The Bertz CT molecular complexity index is 286. The highest BCUT2D eigenvalue weighted by Gasteiger charge is 2.27. The van der Waals surface area contributed by atoms with Crippen LogP contribution in [-0.2, 0) is 14.3 Å². The van der Waals surface area contributed by atoms with Crippen LogP contribution in [0.5, 0.6) is 0 Å². The first kappa shape index (κ1) is 15.3. The van der Waals surface area contributed by atoms with Crippen molar-refractivity contribution in [2.45, 2.75) is 50.8 Å². The SMILES string of the molecule is COC(=O)C1CCC(NC(=O)CSC(C)C)CC1. The molecular weight excluding hydrogens is 250 g/mol. The first-order valence-electron chi connectivity index (χ1n) is 6.51. The minimum Gasteiger partial charge on any atom is -0.469 e. The van der Waals surface area contributed by atoms with Gasteiger partial charge in [-0.3, -0.25) is 9.59 Å². The molecule has 1 amide bonds. The van der Waals surface area contributed by atoms with Crippen molar-refractivity contribution in [1.29, 1.82) is 0 Å². The highest BCUT2D eigenvalue weighted by Crippen LogP contribution is 2.25. The van der Waals surface area contributed by atoms with Gasteiger partial charge in [0.2, 0.25) is 5.91 Å². The van der Waals surface area contributed by atoms with Crippen molar-refractivity contribution in [3.05, 3.63) is 0 Å². The number of hydrogen-bond donors (Lipinski definition) is 1. The summed E-state index contributed by atoms with van der Waals surface area (Å²) in [5.74, 6) is 0.535. The lowest BCUT2D eigenvalue weighted by Gasteiger charge is -2.27. The van der Waals surface area contributed by atoms with Gasteiger partial charge >= 0.3 is 5.97 Å². The van der Waals surface area contributed by atoms with Crippen molar-refractivity contribution in [1.82, 2.24) is 5.32 Å². The lowest BCUT2D eigenvalue weighted by atomic mass is 9.86. The molecule has 1 rings (SSSR count). The van der Waals surface area contributed by atoms with Gasteiger partial charge in [-0.2, -0.15) is 0 Å². The maximum Gasteiger partial charge on any atom is 0.308 e. The van der Waals surface area contributed by atoms with Gasteiger partial charge in [-0.1, -0.05) is 13.8 Å². The number of hydrogen-bond acceptors (Lipinski definition) is 4. The fourth-order valence-electron chi connectivity index (χ4n) is 2.15. The minimum atomic E-state index is -0.116. The predicted molar refractivity (Wildman–Crippen MR) is 73.5 cm³/mol. The predicted octanol–water partition coefficient (Wildman–Crippen LogP) is 1.98. The molecule has 104 valence electrons. The smallest absolute Gasteiger partial charge is 0.308 e. The third-order valence-electron chi connectivity index (χ3n) is 3.17. The molecule has 1 aliphatic rings. The van der Waals surface area contributed by atoms with Crippen molar-refractivity contribution in [2.24, 2.45) is 5.92 Å². The summed E-state index contributed by atoms with van der Waals surface area (Å²) < 4.78 is 4.74. The van der Waals surface area contributed by atoms with Gasteiger partial charge in [0.1, 0.15) is 0 Å². The molecule has 0 atom stereocenters. The zero-order valence-corrected chi connectivity index (χ0v) is 12.2. The van der Waals surface area contributed by atoms with Crippen molar-refractivity contribution in [3.63, 3.8) is 0 Å². The Balaban J connectivity index is 2.23. The summed E-state index contributed by atoms with van der Waals surface area (Å²) in [5, 5.41) is 3.52. The third kappa shape index (κ3) is 5.29. The first-order valence-corrected chi connectivity index (χ1v) is 7.56. The van der Waals surface area contributed by atoms with E-state index in [1.165, 1.54) is 7.11 Å². The summed E-state index contributed by atoms with van der Waals surface area (Å²) >= 11 is 1.65. The number of nitrogens with one attached hydrogen (secondary N) is 1. The highest BCUT2D eigenvalue weighted by molar-refractivity contribution is 8.00. The molecule has 5 heteroatoms. The zero-order valence-electron chi connectivity index (χ0n) is 11.4. The molecule has 0 unspecified atom stereocenters. The average Bonchev–Trinajstić information content (AvgIpc) is 2.36. The lowest BCUT2D eigenvalue weighted by Crippen LogP contribution is -2.39. The van der Waals surface area contributed by atoms with Crippen LogP contribution in [0.3, 0.4) is 0 Å². The molecule has 1 aliphatic carbocycles. The van der Waals surface area contributed by atoms with E-state index in [-0.39, 0.29) is 23.8 Å². The number of ether oxygens (including phenoxy) is 1. The molecule has 0 heterocycles. The number of rotatable bonds is 5. The summed E-state index contributed by atoms with van der Waals surface area (Å²) in [6.45, 7) is 4.17. The molecule has 0 bridgehead atoms. The quantitative estimate of drug-likeness (QED) is 0.778. The number of carbonyl (C=O) groups excluding carboxylic acids is 2. The lowest BCUT2D eigenvalue weighted by molar-refractivity contribution is -0.146. The van der Waals surface area contributed by atoms with Crippen LogP contribution in [0.2, 0.25) is 0 Å². The molecule has 0 spiro atoms. The molecule has 0 saturated heterocycles. The van der Waals surface area contributed by atoms with Crippen LogP contribution in [0.25, 0.3) is 0 Å². The number of thioether (sulfide) groups is 1. The fourth-order valence-corrected chi connectivity index (χ4v) is 2.72. The van der Waals surface area contributed by atoms with Gasteiger partial charge in [-0.25, -0.2) is 0 Å². The topological polar surface area (TPSA) is 55.4 Å². The molecule has 0 aromatic rings. The summed E-state index contributed by atoms with van der Waals surface area (Å²) in [7, 11) is 1.43. The molecule has 0 aromatic carbocycles. The normalized spacial score (nSPS) is 23.8. The Labute approximate surface area is 113 Å². The summed E-state index contributed by atoms with van der Waals surface area (Å²) in [5.41, 5.74) is 0. The summed E-state index contributed by atoms with van der Waals surface area (Å²) in [6.07, 6.45) is 3.37. The Morgan fingerprint density at radius 3 is 2.39 bits per heavy atom. The van der Waals surface area contributed by atoms with Gasteiger partial charge in [-0.05, 0) is 30.9 Å². The van der Waals surface area contributed by atoms with Gasteiger partial charge in [0, 0.05) is 6.04 Å². The van der Waals surface area contributed by atoms with E-state index in [0.717, 1.165) is 25.7 Å². The highest BCUT2D eigenvalue weighted by atomic mass is 32.2. The van der Waals surface area contributed by atoms with Crippen LogP contribution >= 0.6 is 11.8 Å². The fraction of sp³-hybridized carbons (Fsp3) is 0.846. The van der Waals surface area contributed by atoms with E-state index in [0.29, 0.717) is 11.0 Å². The van der Waals surface area contributed by atoms with Gasteiger partial charge in [0.15, 0.2) is 0 Å².